The normalized spacial score (nSPS) is 14.6. The third-order valence-electron chi connectivity index (χ3n) is 12.9. The first-order chi connectivity index (χ1) is 26.3. The van der Waals surface area contributed by atoms with Gasteiger partial charge in [-0.15, -0.1) is 0 Å². The first-order valence-electron chi connectivity index (χ1n) is 19.3. The third-order valence-corrected chi connectivity index (χ3v) is 12.9. The smallest absolute Gasteiger partial charge is 0.0159 e. The predicted molar refractivity (Wildman–Crippen MR) is 230 cm³/mol. The van der Waals surface area contributed by atoms with E-state index in [4.69, 9.17) is 0 Å². The van der Waals surface area contributed by atoms with E-state index in [0.29, 0.717) is 0 Å². The maximum atomic E-state index is 2.48. The Hall–Kier alpha value is -6.24. The Bertz CT molecular complexity index is 3040. The predicted octanol–water partition coefficient (Wildman–Crippen LogP) is 14.8. The summed E-state index contributed by atoms with van der Waals surface area (Å²) >= 11 is 0. The average Bonchev–Trinajstić information content (AvgIpc) is 3.59. The molecule has 0 heteroatoms. The molecule has 0 aromatic heterocycles. The Balaban J connectivity index is 1.29. The summed E-state index contributed by atoms with van der Waals surface area (Å²) in [6.07, 6.45) is 0. The van der Waals surface area contributed by atoms with E-state index in [-0.39, 0.29) is 10.8 Å². The molecule has 0 unspecified atom stereocenters. The van der Waals surface area contributed by atoms with Crippen molar-refractivity contribution >= 4 is 32.3 Å². The van der Waals surface area contributed by atoms with Gasteiger partial charge in [-0.1, -0.05) is 185 Å². The van der Waals surface area contributed by atoms with E-state index in [2.05, 4.69) is 198 Å². The molecule has 0 spiro atoms. The van der Waals surface area contributed by atoms with Gasteiger partial charge in [0.25, 0.3) is 0 Å². The highest BCUT2D eigenvalue weighted by molar-refractivity contribution is 6.24. The van der Waals surface area contributed by atoms with E-state index in [9.17, 15) is 0 Å². The second-order valence-electron chi connectivity index (χ2n) is 16.4. The Morgan fingerprint density at radius 3 is 1.31 bits per heavy atom. The summed E-state index contributed by atoms with van der Waals surface area (Å²) in [6.45, 7) is 9.53. The minimum Gasteiger partial charge on any atom is -0.0619 e. The van der Waals surface area contributed by atoms with Crippen molar-refractivity contribution in [2.24, 2.45) is 0 Å². The summed E-state index contributed by atoms with van der Waals surface area (Å²) in [5.41, 5.74) is 18.5. The number of rotatable bonds is 3. The lowest BCUT2D eigenvalue weighted by Crippen LogP contribution is -2.14. The van der Waals surface area contributed by atoms with Crippen LogP contribution >= 0.6 is 0 Å². The molecule has 0 atom stereocenters. The van der Waals surface area contributed by atoms with Crippen LogP contribution in [0.25, 0.3) is 88.0 Å². The molecule has 0 saturated heterocycles. The summed E-state index contributed by atoms with van der Waals surface area (Å²) in [4.78, 5) is 0. The van der Waals surface area contributed by atoms with Crippen LogP contribution in [-0.2, 0) is 10.8 Å². The molecule has 0 N–H and O–H groups in total. The number of hydrogen-bond acceptors (Lipinski definition) is 0. The largest absolute Gasteiger partial charge is 0.0619 e. The fraction of sp³-hybridized carbons (Fsp3) is 0.111. The highest BCUT2D eigenvalue weighted by Crippen LogP contribution is 2.57. The highest BCUT2D eigenvalue weighted by atomic mass is 14.4. The van der Waals surface area contributed by atoms with Gasteiger partial charge < -0.3 is 0 Å². The molecule has 2 aliphatic carbocycles. The molecule has 0 amide bonds. The summed E-state index contributed by atoms with van der Waals surface area (Å²) in [7, 11) is 0. The van der Waals surface area contributed by atoms with Crippen molar-refractivity contribution < 1.29 is 0 Å². The molecular weight excluding hydrogens is 649 g/mol. The van der Waals surface area contributed by atoms with E-state index in [0.717, 1.165) is 0 Å². The number of hydrogen-bond donors (Lipinski definition) is 0. The molecule has 0 nitrogen and oxygen atoms in total. The Kier molecular flexibility index (Phi) is 6.46. The van der Waals surface area contributed by atoms with Crippen molar-refractivity contribution in [3.63, 3.8) is 0 Å². The molecule has 0 saturated carbocycles. The van der Waals surface area contributed by atoms with Gasteiger partial charge in [-0.2, -0.15) is 0 Å². The van der Waals surface area contributed by atoms with E-state index in [1.54, 1.807) is 0 Å². The summed E-state index contributed by atoms with van der Waals surface area (Å²) < 4.78 is 0. The molecule has 0 radical (unpaired) electrons. The van der Waals surface area contributed by atoms with Crippen LogP contribution in [0.4, 0.5) is 0 Å². The van der Waals surface area contributed by atoms with E-state index >= 15 is 0 Å². The lowest BCUT2D eigenvalue weighted by Gasteiger charge is -2.24. The minimum absolute atomic E-state index is 0.0818. The van der Waals surface area contributed by atoms with Gasteiger partial charge in [0, 0.05) is 10.8 Å². The summed E-state index contributed by atoms with van der Waals surface area (Å²) in [6, 6.07) is 64.1. The van der Waals surface area contributed by atoms with E-state index < -0.39 is 0 Å². The number of fused-ring (bicyclic) bond motifs is 9. The quantitative estimate of drug-likeness (QED) is 0.162. The Morgan fingerprint density at radius 2 is 0.704 bits per heavy atom. The zero-order chi connectivity index (χ0) is 36.3. The number of benzene rings is 9. The molecule has 54 heavy (non-hydrogen) atoms. The van der Waals surface area contributed by atoms with Crippen molar-refractivity contribution in [3.05, 3.63) is 192 Å². The van der Waals surface area contributed by atoms with Crippen LogP contribution in [-0.4, -0.2) is 0 Å². The van der Waals surface area contributed by atoms with Crippen molar-refractivity contribution in [2.75, 3.05) is 0 Å². The second kappa shape index (κ2) is 11.1. The summed E-state index contributed by atoms with van der Waals surface area (Å²) in [5.74, 6) is 0. The third kappa shape index (κ3) is 4.20. The van der Waals surface area contributed by atoms with Gasteiger partial charge in [0.15, 0.2) is 0 Å². The van der Waals surface area contributed by atoms with Crippen molar-refractivity contribution in [2.45, 2.75) is 38.5 Å². The van der Waals surface area contributed by atoms with Crippen LogP contribution < -0.4 is 0 Å². The maximum absolute atomic E-state index is 2.48. The van der Waals surface area contributed by atoms with Gasteiger partial charge in [-0.05, 0) is 122 Å². The molecule has 256 valence electrons. The topological polar surface area (TPSA) is 0 Å². The van der Waals surface area contributed by atoms with E-state index in [1.165, 1.54) is 110 Å². The van der Waals surface area contributed by atoms with Crippen LogP contribution in [0.15, 0.2) is 170 Å². The zero-order valence-corrected chi connectivity index (χ0v) is 31.2. The van der Waals surface area contributed by atoms with Gasteiger partial charge in [0.2, 0.25) is 0 Å². The van der Waals surface area contributed by atoms with Crippen LogP contribution in [0.3, 0.4) is 0 Å². The maximum Gasteiger partial charge on any atom is 0.0159 e. The fourth-order valence-electron chi connectivity index (χ4n) is 10.2. The first-order valence-corrected chi connectivity index (χ1v) is 19.3. The van der Waals surface area contributed by atoms with Gasteiger partial charge in [0.05, 0.1) is 0 Å². The van der Waals surface area contributed by atoms with E-state index in [1.807, 2.05) is 0 Å². The van der Waals surface area contributed by atoms with Gasteiger partial charge in [-0.3, -0.25) is 0 Å². The Morgan fingerprint density at radius 1 is 0.278 bits per heavy atom. The lowest BCUT2D eigenvalue weighted by atomic mass is 9.79. The zero-order valence-electron chi connectivity index (χ0n) is 31.2. The molecule has 11 rings (SSSR count). The Labute approximate surface area is 317 Å². The fourth-order valence-corrected chi connectivity index (χ4v) is 10.2. The monoisotopic (exact) mass is 688 g/mol. The SMILES string of the molecule is CC1(C)c2ccccc2-c2c(-c3c4ccccc4c(-c4cccc5c4-c4ccccc4C5(C)C)c4cc(-c5ccc6ccccc6c5)ccc34)cccc21. The van der Waals surface area contributed by atoms with Gasteiger partial charge in [-0.25, -0.2) is 0 Å². The highest BCUT2D eigenvalue weighted by Gasteiger charge is 2.39. The molecule has 0 heterocycles. The average molecular weight is 689 g/mol. The molecular formula is C54H40. The van der Waals surface area contributed by atoms with Crippen molar-refractivity contribution in [3.8, 4) is 55.6 Å². The van der Waals surface area contributed by atoms with Gasteiger partial charge >= 0.3 is 0 Å². The van der Waals surface area contributed by atoms with Crippen LogP contribution in [0.2, 0.25) is 0 Å². The molecule has 0 fully saturated rings. The van der Waals surface area contributed by atoms with Crippen molar-refractivity contribution in [1.82, 2.24) is 0 Å². The molecule has 0 bridgehead atoms. The molecule has 0 aliphatic heterocycles. The minimum atomic E-state index is -0.0888. The standard InChI is InChI=1S/C54H40/c1-53(2)45-23-11-9-19-40(45)51-42(21-13-25-47(51)53)49-37-17-7-8-18-38(37)50(43-22-14-26-48-52(43)41-20-10-12-24-46(41)54(48,3)4)44-32-36(29-30-39(44)49)35-28-27-33-15-5-6-16-34(33)31-35/h5-32H,1-4H3. The summed E-state index contributed by atoms with van der Waals surface area (Å²) in [5, 5.41) is 7.67. The lowest BCUT2D eigenvalue weighted by molar-refractivity contribution is 0.660. The van der Waals surface area contributed by atoms with Crippen LogP contribution in [0.5, 0.6) is 0 Å². The second-order valence-corrected chi connectivity index (χ2v) is 16.4. The molecule has 9 aromatic carbocycles. The van der Waals surface area contributed by atoms with Crippen LogP contribution in [0.1, 0.15) is 49.9 Å². The molecule has 9 aromatic rings. The molecule has 2 aliphatic rings. The van der Waals surface area contributed by atoms with Crippen molar-refractivity contribution in [1.29, 1.82) is 0 Å². The first kappa shape index (κ1) is 31.3. The van der Waals surface area contributed by atoms with Crippen LogP contribution in [0, 0.1) is 0 Å². The van der Waals surface area contributed by atoms with Gasteiger partial charge in [0.1, 0.15) is 0 Å².